The molecule has 172 valence electrons. The zero-order valence-electron chi connectivity index (χ0n) is 18.7. The topological polar surface area (TPSA) is 74.8 Å². The molecule has 1 N–H and O–H groups in total. The van der Waals surface area contributed by atoms with Crippen LogP contribution in [0.5, 0.6) is 0 Å². The van der Waals surface area contributed by atoms with Crippen LogP contribution in [0.3, 0.4) is 0 Å². The Morgan fingerprint density at radius 3 is 2.67 bits per heavy atom. The Labute approximate surface area is 198 Å². The average molecular weight is 465 g/mol. The van der Waals surface area contributed by atoms with Crippen LogP contribution in [0.25, 0.3) is 0 Å². The molecule has 1 fully saturated rings. The van der Waals surface area contributed by atoms with Crippen LogP contribution in [-0.4, -0.2) is 59.4 Å². The number of aryl methyl sites for hydroxylation is 1. The molecule has 0 bridgehead atoms. The van der Waals surface area contributed by atoms with Gasteiger partial charge < -0.3 is 19.9 Å². The standard InChI is InChI=1S/C25H28N4O3S/c1-19-6-5-9-21(16-19)26-25-27-22(18-33-25)24(31)29(17-20-7-3-2-4-8-20)11-10-23(30)28-12-14-32-15-13-28/h2-9,16,18H,10-15,17H2,1H3,(H,26,27). The van der Waals surface area contributed by atoms with Crippen molar-refractivity contribution in [2.24, 2.45) is 0 Å². The minimum absolute atomic E-state index is 0.0456. The summed E-state index contributed by atoms with van der Waals surface area (Å²) in [5, 5.41) is 5.69. The van der Waals surface area contributed by atoms with Crippen molar-refractivity contribution in [3.8, 4) is 0 Å². The first kappa shape index (κ1) is 22.9. The van der Waals surface area contributed by atoms with Crippen LogP contribution in [0.15, 0.2) is 60.0 Å². The summed E-state index contributed by atoms with van der Waals surface area (Å²) >= 11 is 1.39. The maximum atomic E-state index is 13.4. The summed E-state index contributed by atoms with van der Waals surface area (Å²) in [6, 6.07) is 17.8. The lowest BCUT2D eigenvalue weighted by Crippen LogP contribution is -2.42. The SMILES string of the molecule is Cc1cccc(Nc2nc(C(=O)N(CCC(=O)N3CCOCC3)Cc3ccccc3)cs2)c1. The molecule has 2 aromatic carbocycles. The van der Waals surface area contributed by atoms with Gasteiger partial charge in [0.25, 0.3) is 5.91 Å². The molecule has 1 aliphatic heterocycles. The van der Waals surface area contributed by atoms with E-state index in [9.17, 15) is 9.59 Å². The van der Waals surface area contributed by atoms with E-state index in [0.717, 1.165) is 16.8 Å². The zero-order valence-corrected chi connectivity index (χ0v) is 19.5. The van der Waals surface area contributed by atoms with Crippen LogP contribution >= 0.6 is 11.3 Å². The van der Waals surface area contributed by atoms with Crippen LogP contribution in [0.4, 0.5) is 10.8 Å². The molecule has 0 atom stereocenters. The summed E-state index contributed by atoms with van der Waals surface area (Å²) < 4.78 is 5.33. The predicted molar refractivity (Wildman–Crippen MR) is 130 cm³/mol. The van der Waals surface area contributed by atoms with Crippen LogP contribution < -0.4 is 5.32 Å². The second kappa shape index (κ2) is 11.1. The molecule has 3 aromatic rings. The fourth-order valence-corrected chi connectivity index (χ4v) is 4.40. The second-order valence-corrected chi connectivity index (χ2v) is 8.85. The van der Waals surface area contributed by atoms with E-state index < -0.39 is 0 Å². The maximum absolute atomic E-state index is 13.4. The van der Waals surface area contributed by atoms with Gasteiger partial charge in [-0.05, 0) is 30.2 Å². The lowest BCUT2D eigenvalue weighted by atomic mass is 10.2. The molecule has 0 unspecified atom stereocenters. The summed E-state index contributed by atoms with van der Waals surface area (Å²) in [7, 11) is 0. The third-order valence-corrected chi connectivity index (χ3v) is 6.21. The van der Waals surface area contributed by atoms with Gasteiger partial charge in [0.2, 0.25) is 5.91 Å². The van der Waals surface area contributed by atoms with Crippen molar-refractivity contribution >= 4 is 34.0 Å². The third kappa shape index (κ3) is 6.40. The number of anilines is 2. The summed E-state index contributed by atoms with van der Waals surface area (Å²) in [6.07, 6.45) is 0.275. The van der Waals surface area contributed by atoms with Gasteiger partial charge in [0.05, 0.1) is 13.2 Å². The molecule has 1 saturated heterocycles. The van der Waals surface area contributed by atoms with Crippen molar-refractivity contribution in [3.63, 3.8) is 0 Å². The first-order valence-corrected chi connectivity index (χ1v) is 11.9. The Hall–Kier alpha value is -3.23. The molecule has 1 aromatic heterocycles. The van der Waals surface area contributed by atoms with Gasteiger partial charge in [-0.3, -0.25) is 9.59 Å². The molecule has 2 heterocycles. The van der Waals surface area contributed by atoms with Crippen LogP contribution in [0.2, 0.25) is 0 Å². The third-order valence-electron chi connectivity index (χ3n) is 5.46. The van der Waals surface area contributed by atoms with E-state index >= 15 is 0 Å². The summed E-state index contributed by atoms with van der Waals surface area (Å²) in [4.78, 5) is 34.0. The molecule has 0 saturated carbocycles. The highest BCUT2D eigenvalue weighted by Crippen LogP contribution is 2.23. The maximum Gasteiger partial charge on any atom is 0.273 e. The van der Waals surface area contributed by atoms with Gasteiger partial charge in [-0.2, -0.15) is 0 Å². The van der Waals surface area contributed by atoms with E-state index in [1.165, 1.54) is 11.3 Å². The molecule has 8 heteroatoms. The molecule has 4 rings (SSSR count). The Morgan fingerprint density at radius 2 is 1.91 bits per heavy atom. The number of nitrogens with zero attached hydrogens (tertiary/aromatic N) is 3. The van der Waals surface area contributed by atoms with Gasteiger partial charge in [-0.15, -0.1) is 11.3 Å². The van der Waals surface area contributed by atoms with Gasteiger partial charge in [-0.1, -0.05) is 42.5 Å². The highest BCUT2D eigenvalue weighted by molar-refractivity contribution is 7.14. The predicted octanol–water partition coefficient (Wildman–Crippen LogP) is 4.09. The number of hydrogen-bond donors (Lipinski definition) is 1. The van der Waals surface area contributed by atoms with Crippen molar-refractivity contribution in [3.05, 3.63) is 76.8 Å². The summed E-state index contributed by atoms with van der Waals surface area (Å²) in [6.45, 7) is 5.12. The molecule has 0 radical (unpaired) electrons. The number of rotatable bonds is 8. The molecule has 7 nitrogen and oxygen atoms in total. The largest absolute Gasteiger partial charge is 0.378 e. The second-order valence-electron chi connectivity index (χ2n) is 7.99. The van der Waals surface area contributed by atoms with Crippen LogP contribution in [0.1, 0.15) is 28.0 Å². The average Bonchev–Trinajstić information content (AvgIpc) is 3.30. The minimum atomic E-state index is -0.179. The number of ether oxygens (including phenoxy) is 1. The van der Waals surface area contributed by atoms with Crippen molar-refractivity contribution in [1.29, 1.82) is 0 Å². The number of benzene rings is 2. The van der Waals surface area contributed by atoms with Gasteiger partial charge in [-0.25, -0.2) is 4.98 Å². The number of thiazole rings is 1. The fourth-order valence-electron chi connectivity index (χ4n) is 3.70. The Bertz CT molecular complexity index is 1080. The van der Waals surface area contributed by atoms with E-state index in [1.807, 2.05) is 61.5 Å². The van der Waals surface area contributed by atoms with Crippen molar-refractivity contribution in [2.45, 2.75) is 19.9 Å². The Kier molecular flexibility index (Phi) is 7.70. The van der Waals surface area contributed by atoms with Gasteiger partial charge in [0, 0.05) is 43.7 Å². The van der Waals surface area contributed by atoms with Gasteiger partial charge >= 0.3 is 0 Å². The smallest absolute Gasteiger partial charge is 0.273 e. The van der Waals surface area contributed by atoms with E-state index in [4.69, 9.17) is 4.74 Å². The molecular formula is C25H28N4O3S. The molecule has 33 heavy (non-hydrogen) atoms. The van der Waals surface area contributed by atoms with Gasteiger partial charge in [0.1, 0.15) is 5.69 Å². The first-order valence-electron chi connectivity index (χ1n) is 11.1. The number of aromatic nitrogens is 1. The molecule has 0 spiro atoms. The highest BCUT2D eigenvalue weighted by Gasteiger charge is 2.22. The van der Waals surface area contributed by atoms with Crippen LogP contribution in [-0.2, 0) is 16.1 Å². The molecule has 0 aliphatic carbocycles. The van der Waals surface area contributed by atoms with Crippen molar-refractivity contribution < 1.29 is 14.3 Å². The fraction of sp³-hybridized carbons (Fsp3) is 0.320. The first-order chi connectivity index (χ1) is 16.1. The van der Waals surface area contributed by atoms with Gasteiger partial charge in [0.15, 0.2) is 5.13 Å². The minimum Gasteiger partial charge on any atom is -0.378 e. The number of morpholine rings is 1. The van der Waals surface area contributed by atoms with E-state index in [0.29, 0.717) is 50.2 Å². The Balaban J connectivity index is 1.45. The van der Waals surface area contributed by atoms with E-state index in [1.54, 1.807) is 15.2 Å². The number of carbonyl (C=O) groups is 2. The normalized spacial score (nSPS) is 13.5. The Morgan fingerprint density at radius 1 is 1.12 bits per heavy atom. The lowest BCUT2D eigenvalue weighted by molar-refractivity contribution is -0.135. The molecule has 2 amide bonds. The quantitative estimate of drug-likeness (QED) is 0.544. The monoisotopic (exact) mass is 464 g/mol. The lowest BCUT2D eigenvalue weighted by Gasteiger charge is -2.28. The van der Waals surface area contributed by atoms with Crippen molar-refractivity contribution in [1.82, 2.24) is 14.8 Å². The van der Waals surface area contributed by atoms with E-state index in [-0.39, 0.29) is 18.2 Å². The van der Waals surface area contributed by atoms with Crippen LogP contribution in [0, 0.1) is 6.92 Å². The summed E-state index contributed by atoms with van der Waals surface area (Å²) in [5.74, 6) is -0.133. The molecule has 1 aliphatic rings. The number of amides is 2. The van der Waals surface area contributed by atoms with Crippen molar-refractivity contribution in [2.75, 3.05) is 38.2 Å². The highest BCUT2D eigenvalue weighted by atomic mass is 32.1. The molecular weight excluding hydrogens is 436 g/mol. The zero-order chi connectivity index (χ0) is 23.0. The number of carbonyl (C=O) groups excluding carboxylic acids is 2. The van der Waals surface area contributed by atoms with E-state index in [2.05, 4.69) is 10.3 Å². The summed E-state index contributed by atoms with van der Waals surface area (Å²) in [5.41, 5.74) is 3.47. The number of nitrogens with one attached hydrogen (secondary N) is 1. The number of hydrogen-bond acceptors (Lipinski definition) is 6.